The van der Waals surface area contributed by atoms with Crippen LogP contribution in [-0.4, -0.2) is 21.6 Å². The zero-order chi connectivity index (χ0) is 16.5. The molecule has 0 aliphatic heterocycles. The Labute approximate surface area is 139 Å². The van der Waals surface area contributed by atoms with Crippen LogP contribution in [-0.2, 0) is 6.54 Å². The van der Waals surface area contributed by atoms with Crippen LogP contribution in [0.25, 0.3) is 10.8 Å². The Morgan fingerprint density at radius 3 is 2.50 bits per heavy atom. The number of rotatable bonds is 5. The quantitative estimate of drug-likeness (QED) is 0.785. The summed E-state index contributed by atoms with van der Waals surface area (Å²) in [6, 6.07) is 11.5. The van der Waals surface area contributed by atoms with Gasteiger partial charge in [-0.3, -0.25) is 9.59 Å². The Balaban J connectivity index is 1.63. The molecule has 2 aromatic heterocycles. The van der Waals surface area contributed by atoms with Gasteiger partial charge in [-0.05, 0) is 31.0 Å². The molecule has 122 valence electrons. The van der Waals surface area contributed by atoms with Crippen LogP contribution in [0.1, 0.15) is 29.2 Å². The molecule has 0 saturated heterocycles. The van der Waals surface area contributed by atoms with Crippen LogP contribution in [0.15, 0.2) is 59.8 Å². The van der Waals surface area contributed by atoms with E-state index in [1.165, 1.54) is 0 Å². The number of hydrogen-bond acceptors (Lipinski definition) is 2. The summed E-state index contributed by atoms with van der Waals surface area (Å²) >= 11 is 0. The van der Waals surface area contributed by atoms with E-state index in [2.05, 4.69) is 5.32 Å². The second-order valence-corrected chi connectivity index (χ2v) is 6.21. The van der Waals surface area contributed by atoms with Gasteiger partial charge in [0.05, 0.1) is 5.56 Å². The van der Waals surface area contributed by atoms with Crippen molar-refractivity contribution in [2.45, 2.75) is 25.4 Å². The predicted octanol–water partition coefficient (Wildman–Crippen LogP) is 2.57. The molecule has 1 aromatic carbocycles. The van der Waals surface area contributed by atoms with Crippen molar-refractivity contribution in [3.63, 3.8) is 0 Å². The third-order valence-electron chi connectivity index (χ3n) is 4.46. The number of carbonyl (C=O) groups is 1. The van der Waals surface area contributed by atoms with Crippen LogP contribution < -0.4 is 10.9 Å². The minimum atomic E-state index is -0.132. The van der Waals surface area contributed by atoms with Crippen molar-refractivity contribution >= 4 is 16.7 Å². The van der Waals surface area contributed by atoms with E-state index in [0.29, 0.717) is 17.5 Å². The fourth-order valence-electron chi connectivity index (χ4n) is 3.03. The average Bonchev–Trinajstić information content (AvgIpc) is 3.31. The normalized spacial score (nSPS) is 14.0. The van der Waals surface area contributed by atoms with Gasteiger partial charge in [0.1, 0.15) is 0 Å². The maximum Gasteiger partial charge on any atom is 0.258 e. The lowest BCUT2D eigenvalue weighted by Gasteiger charge is -2.12. The molecule has 24 heavy (non-hydrogen) atoms. The van der Waals surface area contributed by atoms with Crippen LogP contribution in [0.5, 0.6) is 0 Å². The van der Waals surface area contributed by atoms with E-state index in [4.69, 9.17) is 0 Å². The van der Waals surface area contributed by atoms with E-state index < -0.39 is 0 Å². The summed E-state index contributed by atoms with van der Waals surface area (Å²) in [6.45, 7) is 1.27. The third-order valence-corrected chi connectivity index (χ3v) is 4.46. The first-order chi connectivity index (χ1) is 11.7. The minimum absolute atomic E-state index is 0.00279. The van der Waals surface area contributed by atoms with Crippen molar-refractivity contribution in [3.05, 3.63) is 70.9 Å². The Kier molecular flexibility index (Phi) is 3.69. The van der Waals surface area contributed by atoms with E-state index >= 15 is 0 Å². The lowest BCUT2D eigenvalue weighted by Crippen LogP contribution is -2.29. The van der Waals surface area contributed by atoms with Gasteiger partial charge in [0.2, 0.25) is 0 Å². The highest BCUT2D eigenvalue weighted by atomic mass is 16.2. The number of pyridine rings is 1. The number of benzene rings is 1. The maximum absolute atomic E-state index is 12.7. The van der Waals surface area contributed by atoms with E-state index in [9.17, 15) is 9.59 Å². The first-order valence-electron chi connectivity index (χ1n) is 8.27. The number of nitrogens with zero attached hydrogens (tertiary/aromatic N) is 2. The molecule has 1 saturated carbocycles. The topological polar surface area (TPSA) is 56.0 Å². The molecule has 0 bridgehead atoms. The summed E-state index contributed by atoms with van der Waals surface area (Å²) in [7, 11) is 0. The lowest BCUT2D eigenvalue weighted by molar-refractivity contribution is 0.0953. The van der Waals surface area contributed by atoms with Crippen molar-refractivity contribution in [3.8, 4) is 0 Å². The molecule has 1 N–H and O–H groups in total. The summed E-state index contributed by atoms with van der Waals surface area (Å²) in [4.78, 5) is 25.2. The molecule has 1 aliphatic carbocycles. The molecule has 2 heterocycles. The summed E-state index contributed by atoms with van der Waals surface area (Å²) in [5.41, 5.74) is 0.571. The molecule has 5 nitrogen and oxygen atoms in total. The number of fused-ring (bicyclic) bond motifs is 1. The fourth-order valence-corrected chi connectivity index (χ4v) is 3.03. The van der Waals surface area contributed by atoms with Gasteiger partial charge in [0.15, 0.2) is 0 Å². The summed E-state index contributed by atoms with van der Waals surface area (Å²) < 4.78 is 3.74. The minimum Gasteiger partial charge on any atom is -0.353 e. The molecule has 4 rings (SSSR count). The molecule has 0 radical (unpaired) electrons. The monoisotopic (exact) mass is 321 g/mol. The van der Waals surface area contributed by atoms with Gasteiger partial charge in [-0.2, -0.15) is 0 Å². The van der Waals surface area contributed by atoms with Crippen molar-refractivity contribution in [2.75, 3.05) is 6.54 Å². The Morgan fingerprint density at radius 1 is 1.08 bits per heavy atom. The van der Waals surface area contributed by atoms with Crippen LogP contribution >= 0.6 is 0 Å². The lowest BCUT2D eigenvalue weighted by atomic mass is 10.1. The first kappa shape index (κ1) is 14.8. The number of amides is 1. The van der Waals surface area contributed by atoms with E-state index in [-0.39, 0.29) is 17.5 Å². The highest BCUT2D eigenvalue weighted by Crippen LogP contribution is 2.34. The molecule has 1 amide bonds. The standard InChI is InChI=1S/C19H19N3O2/c23-18(20-9-12-21-10-3-4-11-21)17-13-22(14-7-8-14)19(24)16-6-2-1-5-15(16)17/h1-6,10-11,13-14H,7-9,12H2,(H,20,23). The van der Waals surface area contributed by atoms with E-state index in [0.717, 1.165) is 24.8 Å². The van der Waals surface area contributed by atoms with E-state index in [1.54, 1.807) is 16.8 Å². The Bertz CT molecular complexity index is 937. The summed E-state index contributed by atoms with van der Waals surface area (Å²) in [5.74, 6) is -0.132. The van der Waals surface area contributed by atoms with Crippen LogP contribution in [0.4, 0.5) is 0 Å². The number of hydrogen-bond donors (Lipinski definition) is 1. The van der Waals surface area contributed by atoms with Crippen LogP contribution in [0.2, 0.25) is 0 Å². The van der Waals surface area contributed by atoms with Crippen molar-refractivity contribution in [2.24, 2.45) is 0 Å². The highest BCUT2D eigenvalue weighted by Gasteiger charge is 2.26. The second-order valence-electron chi connectivity index (χ2n) is 6.21. The average molecular weight is 321 g/mol. The summed E-state index contributed by atoms with van der Waals surface area (Å²) in [5, 5.41) is 4.29. The molecular weight excluding hydrogens is 302 g/mol. The molecule has 1 aliphatic rings. The molecule has 0 spiro atoms. The number of carbonyl (C=O) groups excluding carboxylic acids is 1. The Hall–Kier alpha value is -2.82. The number of nitrogens with one attached hydrogen (secondary N) is 1. The van der Waals surface area contributed by atoms with Gasteiger partial charge < -0.3 is 14.5 Å². The summed E-state index contributed by atoms with van der Waals surface area (Å²) in [6.07, 6.45) is 7.68. The van der Waals surface area contributed by atoms with Crippen LogP contribution in [0.3, 0.4) is 0 Å². The van der Waals surface area contributed by atoms with Gasteiger partial charge in [-0.1, -0.05) is 18.2 Å². The Morgan fingerprint density at radius 2 is 1.79 bits per heavy atom. The third kappa shape index (κ3) is 2.73. The molecule has 0 unspecified atom stereocenters. The zero-order valence-electron chi connectivity index (χ0n) is 13.3. The molecule has 5 heteroatoms. The van der Waals surface area contributed by atoms with Crippen LogP contribution in [0, 0.1) is 0 Å². The predicted molar refractivity (Wildman–Crippen MR) is 93.2 cm³/mol. The second kappa shape index (κ2) is 6.00. The molecular formula is C19H19N3O2. The largest absolute Gasteiger partial charge is 0.353 e. The van der Waals surface area contributed by atoms with Crippen molar-refractivity contribution < 1.29 is 4.79 Å². The van der Waals surface area contributed by atoms with Gasteiger partial charge in [0, 0.05) is 48.5 Å². The molecule has 1 fully saturated rings. The zero-order valence-corrected chi connectivity index (χ0v) is 13.3. The highest BCUT2D eigenvalue weighted by molar-refractivity contribution is 6.06. The SMILES string of the molecule is O=C(NCCn1cccc1)c1cn(C2CC2)c(=O)c2ccccc12. The van der Waals surface area contributed by atoms with Gasteiger partial charge in [-0.25, -0.2) is 0 Å². The van der Waals surface area contributed by atoms with Crippen molar-refractivity contribution in [1.82, 2.24) is 14.5 Å². The maximum atomic E-state index is 12.7. The number of aromatic nitrogens is 2. The van der Waals surface area contributed by atoms with Gasteiger partial charge >= 0.3 is 0 Å². The van der Waals surface area contributed by atoms with Crippen molar-refractivity contribution in [1.29, 1.82) is 0 Å². The smallest absolute Gasteiger partial charge is 0.258 e. The van der Waals surface area contributed by atoms with E-state index in [1.807, 2.05) is 47.3 Å². The molecule has 3 aromatic rings. The van der Waals surface area contributed by atoms with Gasteiger partial charge in [0.25, 0.3) is 11.5 Å². The first-order valence-corrected chi connectivity index (χ1v) is 8.27. The fraction of sp³-hybridized carbons (Fsp3) is 0.263. The molecule has 0 atom stereocenters. The van der Waals surface area contributed by atoms with Gasteiger partial charge in [-0.15, -0.1) is 0 Å².